The fourth-order valence-electron chi connectivity index (χ4n) is 2.87. The van der Waals surface area contributed by atoms with E-state index in [1.165, 1.54) is 0 Å². The summed E-state index contributed by atoms with van der Waals surface area (Å²) in [6, 6.07) is 16.8. The molecule has 0 atom stereocenters. The number of anilines is 1. The van der Waals surface area contributed by atoms with Crippen LogP contribution in [0.25, 0.3) is 10.9 Å². The fourth-order valence-corrected chi connectivity index (χ4v) is 2.87. The summed E-state index contributed by atoms with van der Waals surface area (Å²) in [5.74, 6) is 0.441. The number of ether oxygens (including phenoxy) is 1. The summed E-state index contributed by atoms with van der Waals surface area (Å²) in [5.41, 5.74) is 2.06. The average molecular weight is 336 g/mol. The predicted octanol–water partition coefficient (Wildman–Crippen LogP) is 3.35. The maximum absolute atomic E-state index is 12.5. The Kier molecular flexibility index (Phi) is 4.84. The Bertz CT molecular complexity index is 976. The Hall–Kier alpha value is -3.08. The van der Waals surface area contributed by atoms with Crippen LogP contribution in [0.15, 0.2) is 59.4 Å². The third kappa shape index (κ3) is 3.55. The van der Waals surface area contributed by atoms with Gasteiger partial charge < -0.3 is 14.6 Å². The summed E-state index contributed by atoms with van der Waals surface area (Å²) in [6.07, 6.45) is 0.200. The molecule has 0 bridgehead atoms. The standard InChI is InChI=1S/C20H20N2O3/c1-14-13-15-7-3-5-9-17(15)22(20(14)24)12-11-19(23)21-16-8-4-6-10-18(16)25-2/h3-10,13H,11-12H2,1-2H3,(H,21,23). The summed E-state index contributed by atoms with van der Waals surface area (Å²) < 4.78 is 6.89. The molecule has 1 heterocycles. The maximum atomic E-state index is 12.5. The summed E-state index contributed by atoms with van der Waals surface area (Å²) in [5, 5.41) is 3.83. The number of fused-ring (bicyclic) bond motifs is 1. The number of carbonyl (C=O) groups is 1. The second-order valence-corrected chi connectivity index (χ2v) is 5.84. The van der Waals surface area contributed by atoms with E-state index in [0.717, 1.165) is 10.9 Å². The number of nitrogens with zero attached hydrogens (tertiary/aromatic N) is 1. The average Bonchev–Trinajstić information content (AvgIpc) is 2.62. The number of pyridine rings is 1. The van der Waals surface area contributed by atoms with Crippen molar-refractivity contribution in [2.24, 2.45) is 0 Å². The summed E-state index contributed by atoms with van der Waals surface area (Å²) >= 11 is 0. The lowest BCUT2D eigenvalue weighted by molar-refractivity contribution is -0.116. The highest BCUT2D eigenvalue weighted by molar-refractivity contribution is 5.92. The second-order valence-electron chi connectivity index (χ2n) is 5.84. The Labute approximate surface area is 145 Å². The molecule has 0 aliphatic rings. The number of aryl methyl sites for hydroxylation is 2. The smallest absolute Gasteiger partial charge is 0.253 e. The van der Waals surface area contributed by atoms with Gasteiger partial charge in [0.2, 0.25) is 5.91 Å². The van der Waals surface area contributed by atoms with Gasteiger partial charge in [0.25, 0.3) is 5.56 Å². The molecule has 2 aromatic carbocycles. The molecule has 5 nitrogen and oxygen atoms in total. The molecule has 0 aliphatic carbocycles. The maximum Gasteiger partial charge on any atom is 0.253 e. The number of amides is 1. The van der Waals surface area contributed by atoms with E-state index >= 15 is 0 Å². The van der Waals surface area contributed by atoms with Crippen LogP contribution in [0.2, 0.25) is 0 Å². The van der Waals surface area contributed by atoms with Gasteiger partial charge in [0.05, 0.1) is 18.3 Å². The van der Waals surface area contributed by atoms with Crippen molar-refractivity contribution in [1.82, 2.24) is 4.57 Å². The van der Waals surface area contributed by atoms with Gasteiger partial charge in [0.1, 0.15) is 5.75 Å². The van der Waals surface area contributed by atoms with Gasteiger partial charge in [-0.05, 0) is 36.6 Å². The van der Waals surface area contributed by atoms with Crippen LogP contribution in [0.5, 0.6) is 5.75 Å². The highest BCUT2D eigenvalue weighted by Crippen LogP contribution is 2.23. The molecule has 0 radical (unpaired) electrons. The van der Waals surface area contributed by atoms with Crippen molar-refractivity contribution in [3.63, 3.8) is 0 Å². The van der Waals surface area contributed by atoms with Crippen LogP contribution >= 0.6 is 0 Å². The number of benzene rings is 2. The summed E-state index contributed by atoms with van der Waals surface area (Å²) in [7, 11) is 1.56. The van der Waals surface area contributed by atoms with Crippen molar-refractivity contribution in [3.05, 3.63) is 70.5 Å². The molecule has 0 aliphatic heterocycles. The molecule has 5 heteroatoms. The van der Waals surface area contributed by atoms with Gasteiger partial charge in [-0.1, -0.05) is 30.3 Å². The highest BCUT2D eigenvalue weighted by atomic mass is 16.5. The predicted molar refractivity (Wildman–Crippen MR) is 99.2 cm³/mol. The van der Waals surface area contributed by atoms with E-state index in [4.69, 9.17) is 4.74 Å². The van der Waals surface area contributed by atoms with Gasteiger partial charge >= 0.3 is 0 Å². The van der Waals surface area contributed by atoms with Crippen molar-refractivity contribution in [3.8, 4) is 5.75 Å². The van der Waals surface area contributed by atoms with E-state index in [-0.39, 0.29) is 17.9 Å². The lowest BCUT2D eigenvalue weighted by atomic mass is 10.1. The zero-order valence-electron chi connectivity index (χ0n) is 14.3. The minimum Gasteiger partial charge on any atom is -0.495 e. The zero-order valence-corrected chi connectivity index (χ0v) is 14.3. The van der Waals surface area contributed by atoms with Crippen LogP contribution in [-0.4, -0.2) is 17.6 Å². The molecule has 0 unspecified atom stereocenters. The number of nitrogens with one attached hydrogen (secondary N) is 1. The van der Waals surface area contributed by atoms with Gasteiger partial charge in [0, 0.05) is 18.5 Å². The number of hydrogen-bond acceptors (Lipinski definition) is 3. The van der Waals surface area contributed by atoms with E-state index in [0.29, 0.717) is 23.5 Å². The first-order valence-electron chi connectivity index (χ1n) is 8.12. The summed E-state index contributed by atoms with van der Waals surface area (Å²) in [4.78, 5) is 24.8. The minimum absolute atomic E-state index is 0.0659. The summed E-state index contributed by atoms with van der Waals surface area (Å²) in [6.45, 7) is 2.11. The van der Waals surface area contributed by atoms with Gasteiger partial charge in [-0.25, -0.2) is 0 Å². The SMILES string of the molecule is COc1ccccc1NC(=O)CCn1c(=O)c(C)cc2ccccc21. The first kappa shape index (κ1) is 16.8. The third-order valence-electron chi connectivity index (χ3n) is 4.13. The van der Waals surface area contributed by atoms with Crippen molar-refractivity contribution < 1.29 is 9.53 Å². The van der Waals surface area contributed by atoms with Gasteiger partial charge in [0.15, 0.2) is 0 Å². The number of hydrogen-bond donors (Lipinski definition) is 1. The van der Waals surface area contributed by atoms with Crippen LogP contribution in [-0.2, 0) is 11.3 Å². The third-order valence-corrected chi connectivity index (χ3v) is 4.13. The van der Waals surface area contributed by atoms with Crippen molar-refractivity contribution in [1.29, 1.82) is 0 Å². The van der Waals surface area contributed by atoms with Crippen LogP contribution in [0.3, 0.4) is 0 Å². The van der Waals surface area contributed by atoms with E-state index in [1.54, 1.807) is 30.7 Å². The molecule has 1 N–H and O–H groups in total. The molecule has 0 fully saturated rings. The molecule has 3 aromatic rings. The van der Waals surface area contributed by atoms with Gasteiger partial charge in [-0.15, -0.1) is 0 Å². The lowest BCUT2D eigenvalue weighted by Crippen LogP contribution is -2.25. The second kappa shape index (κ2) is 7.21. The highest BCUT2D eigenvalue weighted by Gasteiger charge is 2.10. The van der Waals surface area contributed by atoms with Gasteiger partial charge in [-0.3, -0.25) is 9.59 Å². The molecule has 0 saturated heterocycles. The molecule has 25 heavy (non-hydrogen) atoms. The number of methoxy groups -OCH3 is 1. The van der Waals surface area contributed by atoms with Crippen LogP contribution in [0, 0.1) is 6.92 Å². The van der Waals surface area contributed by atoms with Crippen LogP contribution < -0.4 is 15.6 Å². The normalized spacial score (nSPS) is 10.6. The first-order chi connectivity index (χ1) is 12.1. The molecule has 3 rings (SSSR count). The monoisotopic (exact) mass is 336 g/mol. The fraction of sp³-hybridized carbons (Fsp3) is 0.200. The Morgan fingerprint density at radius 1 is 1.12 bits per heavy atom. The molecule has 128 valence electrons. The number of carbonyl (C=O) groups excluding carboxylic acids is 1. The molecule has 1 aromatic heterocycles. The molecule has 0 spiro atoms. The topological polar surface area (TPSA) is 60.3 Å². The van der Waals surface area contributed by atoms with Gasteiger partial charge in [-0.2, -0.15) is 0 Å². The number of para-hydroxylation sites is 3. The number of aromatic nitrogens is 1. The van der Waals surface area contributed by atoms with Crippen molar-refractivity contribution in [2.45, 2.75) is 19.9 Å². The quantitative estimate of drug-likeness (QED) is 0.777. The largest absolute Gasteiger partial charge is 0.495 e. The first-order valence-corrected chi connectivity index (χ1v) is 8.12. The Balaban J connectivity index is 1.80. The Morgan fingerprint density at radius 3 is 2.64 bits per heavy atom. The Morgan fingerprint density at radius 2 is 1.84 bits per heavy atom. The molecule has 0 saturated carbocycles. The lowest BCUT2D eigenvalue weighted by Gasteiger charge is -2.13. The molecular formula is C20H20N2O3. The minimum atomic E-state index is -0.165. The van der Waals surface area contributed by atoms with E-state index in [2.05, 4.69) is 5.32 Å². The van der Waals surface area contributed by atoms with Crippen LogP contribution in [0.1, 0.15) is 12.0 Å². The van der Waals surface area contributed by atoms with E-state index in [1.807, 2.05) is 42.5 Å². The number of rotatable bonds is 5. The molecular weight excluding hydrogens is 316 g/mol. The molecule has 1 amide bonds. The van der Waals surface area contributed by atoms with Crippen molar-refractivity contribution >= 4 is 22.5 Å². The van der Waals surface area contributed by atoms with E-state index in [9.17, 15) is 9.59 Å². The van der Waals surface area contributed by atoms with Crippen molar-refractivity contribution in [2.75, 3.05) is 12.4 Å². The van der Waals surface area contributed by atoms with Crippen LogP contribution in [0.4, 0.5) is 5.69 Å². The van der Waals surface area contributed by atoms with E-state index < -0.39 is 0 Å². The zero-order chi connectivity index (χ0) is 17.8.